The Labute approximate surface area is 134 Å². The molecule has 0 aliphatic carbocycles. The summed E-state index contributed by atoms with van der Waals surface area (Å²) in [6.07, 6.45) is 2.32. The highest BCUT2D eigenvalue weighted by molar-refractivity contribution is 6.30. The van der Waals surface area contributed by atoms with Gasteiger partial charge in [-0.2, -0.15) is 0 Å². The molecule has 114 valence electrons. The number of rotatable bonds is 3. The largest absolute Gasteiger partial charge is 0.356 e. The summed E-state index contributed by atoms with van der Waals surface area (Å²) in [5, 5.41) is 3.46. The summed E-state index contributed by atoms with van der Waals surface area (Å²) in [6, 6.07) is 8.74. The quantitative estimate of drug-likeness (QED) is 0.944. The van der Waals surface area contributed by atoms with E-state index in [9.17, 15) is 4.79 Å². The molecule has 1 aromatic heterocycles. The number of anilines is 2. The zero-order valence-electron chi connectivity index (χ0n) is 12.3. The Hall–Kier alpha value is -2.14. The first-order valence-corrected chi connectivity index (χ1v) is 7.67. The summed E-state index contributed by atoms with van der Waals surface area (Å²) in [5.74, 6) is 1.19. The van der Waals surface area contributed by atoms with Crippen LogP contribution in [0.25, 0.3) is 0 Å². The first kappa shape index (κ1) is 14.8. The third-order valence-corrected chi connectivity index (χ3v) is 3.84. The van der Waals surface area contributed by atoms with Gasteiger partial charge in [0, 0.05) is 29.9 Å². The zero-order chi connectivity index (χ0) is 15.5. The predicted molar refractivity (Wildman–Crippen MR) is 87.6 cm³/mol. The van der Waals surface area contributed by atoms with Crippen LogP contribution >= 0.6 is 11.6 Å². The molecular formula is C16H17ClN4O. The lowest BCUT2D eigenvalue weighted by molar-refractivity contribution is 0.102. The molecule has 3 rings (SSSR count). The molecule has 2 aromatic rings. The highest BCUT2D eigenvalue weighted by Gasteiger charge is 2.17. The van der Waals surface area contributed by atoms with Gasteiger partial charge in [-0.25, -0.2) is 9.97 Å². The van der Waals surface area contributed by atoms with Gasteiger partial charge in [0.2, 0.25) is 0 Å². The molecule has 1 saturated heterocycles. The molecule has 5 nitrogen and oxygen atoms in total. The number of hydrogen-bond acceptors (Lipinski definition) is 4. The lowest BCUT2D eigenvalue weighted by Crippen LogP contribution is -2.22. The van der Waals surface area contributed by atoms with E-state index in [1.807, 2.05) is 0 Å². The predicted octanol–water partition coefficient (Wildman–Crippen LogP) is 3.29. The van der Waals surface area contributed by atoms with E-state index in [0.29, 0.717) is 22.2 Å². The topological polar surface area (TPSA) is 58.1 Å². The molecule has 1 amide bonds. The fourth-order valence-electron chi connectivity index (χ4n) is 2.50. The van der Waals surface area contributed by atoms with Crippen LogP contribution in [0.5, 0.6) is 0 Å². The fourth-order valence-corrected chi connectivity index (χ4v) is 2.63. The summed E-state index contributed by atoms with van der Waals surface area (Å²) in [6.45, 7) is 3.77. The van der Waals surface area contributed by atoms with Crippen LogP contribution < -0.4 is 10.2 Å². The van der Waals surface area contributed by atoms with E-state index in [1.54, 1.807) is 37.3 Å². The van der Waals surface area contributed by atoms with Crippen LogP contribution in [0.15, 0.2) is 30.3 Å². The normalized spacial score (nSPS) is 14.2. The first-order valence-electron chi connectivity index (χ1n) is 7.29. The number of aryl methyl sites for hydroxylation is 1. The van der Waals surface area contributed by atoms with Crippen molar-refractivity contribution in [2.45, 2.75) is 19.8 Å². The molecule has 0 spiro atoms. The Bertz CT molecular complexity index is 681. The molecule has 0 bridgehead atoms. The summed E-state index contributed by atoms with van der Waals surface area (Å²) in [7, 11) is 0. The molecule has 1 aliphatic heterocycles. The monoisotopic (exact) mass is 316 g/mol. The number of carbonyl (C=O) groups excluding carboxylic acids is 1. The molecule has 2 heterocycles. The Kier molecular flexibility index (Phi) is 4.24. The Balaban J connectivity index is 1.80. The van der Waals surface area contributed by atoms with Gasteiger partial charge in [0.25, 0.3) is 5.91 Å². The van der Waals surface area contributed by atoms with Crippen molar-refractivity contribution in [1.82, 2.24) is 9.97 Å². The second-order valence-electron chi connectivity index (χ2n) is 5.31. The lowest BCUT2D eigenvalue weighted by Gasteiger charge is -2.17. The van der Waals surface area contributed by atoms with E-state index in [4.69, 9.17) is 11.6 Å². The highest BCUT2D eigenvalue weighted by Crippen LogP contribution is 2.19. The van der Waals surface area contributed by atoms with Crippen molar-refractivity contribution in [2.75, 3.05) is 23.3 Å². The van der Waals surface area contributed by atoms with Gasteiger partial charge in [-0.05, 0) is 44.0 Å². The maximum atomic E-state index is 12.4. The summed E-state index contributed by atoms with van der Waals surface area (Å²) in [5.41, 5.74) is 1.07. The minimum Gasteiger partial charge on any atom is -0.356 e. The molecule has 0 saturated carbocycles. The van der Waals surface area contributed by atoms with Gasteiger partial charge >= 0.3 is 0 Å². The van der Waals surface area contributed by atoms with Crippen LogP contribution in [-0.2, 0) is 0 Å². The van der Waals surface area contributed by atoms with E-state index in [2.05, 4.69) is 20.2 Å². The SMILES string of the molecule is Cc1nc(C(=O)Nc2ccc(Cl)cc2)cc(N2CCCC2)n1. The van der Waals surface area contributed by atoms with Crippen LogP contribution in [0.4, 0.5) is 11.5 Å². The average molecular weight is 317 g/mol. The van der Waals surface area contributed by atoms with Crippen molar-refractivity contribution >= 4 is 29.0 Å². The van der Waals surface area contributed by atoms with E-state index < -0.39 is 0 Å². The van der Waals surface area contributed by atoms with E-state index in [0.717, 1.165) is 31.7 Å². The summed E-state index contributed by atoms with van der Waals surface area (Å²) < 4.78 is 0. The first-order chi connectivity index (χ1) is 10.6. The molecule has 0 radical (unpaired) electrons. The van der Waals surface area contributed by atoms with Gasteiger partial charge in [-0.15, -0.1) is 0 Å². The summed E-state index contributed by atoms with van der Waals surface area (Å²) >= 11 is 5.84. The van der Waals surface area contributed by atoms with Crippen molar-refractivity contribution in [1.29, 1.82) is 0 Å². The Morgan fingerprint density at radius 3 is 2.55 bits per heavy atom. The fraction of sp³-hybridized carbons (Fsp3) is 0.312. The van der Waals surface area contributed by atoms with Gasteiger partial charge < -0.3 is 10.2 Å². The van der Waals surface area contributed by atoms with Gasteiger partial charge in [0.05, 0.1) is 0 Å². The van der Waals surface area contributed by atoms with Gasteiger partial charge in [0.15, 0.2) is 0 Å². The molecule has 1 aliphatic rings. The van der Waals surface area contributed by atoms with Crippen LogP contribution in [0.2, 0.25) is 5.02 Å². The number of aromatic nitrogens is 2. The molecule has 0 unspecified atom stereocenters. The lowest BCUT2D eigenvalue weighted by atomic mass is 10.3. The number of benzene rings is 1. The van der Waals surface area contributed by atoms with Crippen LogP contribution in [0.1, 0.15) is 29.2 Å². The molecule has 1 fully saturated rings. The minimum atomic E-state index is -0.242. The number of hydrogen-bond donors (Lipinski definition) is 1. The van der Waals surface area contributed by atoms with E-state index in [-0.39, 0.29) is 5.91 Å². The Morgan fingerprint density at radius 1 is 1.18 bits per heavy atom. The standard InChI is InChI=1S/C16H17ClN4O/c1-11-18-14(10-15(19-11)21-8-2-3-9-21)16(22)20-13-6-4-12(17)5-7-13/h4-7,10H,2-3,8-9H2,1H3,(H,20,22). The molecule has 1 aromatic carbocycles. The third-order valence-electron chi connectivity index (χ3n) is 3.59. The van der Waals surface area contributed by atoms with Gasteiger partial charge in [0.1, 0.15) is 17.3 Å². The van der Waals surface area contributed by atoms with Crippen molar-refractivity contribution in [3.05, 3.63) is 46.9 Å². The van der Waals surface area contributed by atoms with Crippen LogP contribution in [0, 0.1) is 6.92 Å². The average Bonchev–Trinajstić information content (AvgIpc) is 3.03. The maximum absolute atomic E-state index is 12.4. The minimum absolute atomic E-state index is 0.242. The second kappa shape index (κ2) is 6.32. The van der Waals surface area contributed by atoms with Crippen LogP contribution in [-0.4, -0.2) is 29.0 Å². The van der Waals surface area contributed by atoms with Crippen molar-refractivity contribution in [2.24, 2.45) is 0 Å². The number of amides is 1. The Morgan fingerprint density at radius 2 is 1.86 bits per heavy atom. The molecular weight excluding hydrogens is 300 g/mol. The van der Waals surface area contributed by atoms with E-state index >= 15 is 0 Å². The van der Waals surface area contributed by atoms with Gasteiger partial charge in [-0.3, -0.25) is 4.79 Å². The molecule has 1 N–H and O–H groups in total. The van der Waals surface area contributed by atoms with Crippen LogP contribution in [0.3, 0.4) is 0 Å². The van der Waals surface area contributed by atoms with E-state index in [1.165, 1.54) is 0 Å². The summed E-state index contributed by atoms with van der Waals surface area (Å²) in [4.78, 5) is 23.2. The maximum Gasteiger partial charge on any atom is 0.274 e. The second-order valence-corrected chi connectivity index (χ2v) is 5.75. The van der Waals surface area contributed by atoms with Crippen molar-refractivity contribution in [3.63, 3.8) is 0 Å². The smallest absolute Gasteiger partial charge is 0.274 e. The number of nitrogens with zero attached hydrogens (tertiary/aromatic N) is 3. The van der Waals surface area contributed by atoms with Crippen molar-refractivity contribution < 1.29 is 4.79 Å². The molecule has 0 atom stereocenters. The van der Waals surface area contributed by atoms with Gasteiger partial charge in [-0.1, -0.05) is 11.6 Å². The van der Waals surface area contributed by atoms with Crippen molar-refractivity contribution in [3.8, 4) is 0 Å². The molecule has 6 heteroatoms. The molecule has 22 heavy (non-hydrogen) atoms. The zero-order valence-corrected chi connectivity index (χ0v) is 13.1. The number of carbonyl (C=O) groups is 1. The number of nitrogens with one attached hydrogen (secondary N) is 1. The third kappa shape index (κ3) is 3.36. The highest BCUT2D eigenvalue weighted by atomic mass is 35.5. The number of halogens is 1.